The molecule has 57 valence electrons. The van der Waals surface area contributed by atoms with E-state index in [0.29, 0.717) is 0 Å². The first-order valence-corrected chi connectivity index (χ1v) is 3.41. The Bertz CT molecular complexity index is 121. The Morgan fingerprint density at radius 3 is 2.80 bits per heavy atom. The van der Waals surface area contributed by atoms with Crippen LogP contribution in [0.1, 0.15) is 26.2 Å². The molecular weight excluding hydrogens is 130 g/mol. The minimum Gasteiger partial charge on any atom is -0.259 e. The second kappa shape index (κ2) is 6.26. The van der Waals surface area contributed by atoms with E-state index in [1.165, 1.54) is 6.08 Å². The molecular formula is C7H12NO2. The molecule has 0 rings (SSSR count). The lowest BCUT2D eigenvalue weighted by atomic mass is 10.2. The molecule has 0 aliphatic rings. The molecule has 0 aliphatic carbocycles. The zero-order valence-corrected chi connectivity index (χ0v) is 6.12. The molecule has 0 aromatic heterocycles. The smallest absolute Gasteiger partial charge is 0.230 e. The van der Waals surface area contributed by atoms with Gasteiger partial charge in [0.15, 0.2) is 0 Å². The molecule has 0 aromatic rings. The van der Waals surface area contributed by atoms with Crippen molar-refractivity contribution in [2.45, 2.75) is 26.2 Å². The summed E-state index contributed by atoms with van der Waals surface area (Å²) in [6, 6.07) is 0. The van der Waals surface area contributed by atoms with Crippen molar-refractivity contribution >= 4 is 0 Å². The van der Waals surface area contributed by atoms with Gasteiger partial charge in [-0.25, -0.2) is 0 Å². The van der Waals surface area contributed by atoms with E-state index in [1.54, 1.807) is 0 Å². The lowest BCUT2D eigenvalue weighted by Gasteiger charge is -1.88. The van der Waals surface area contributed by atoms with Gasteiger partial charge in [0, 0.05) is 0 Å². The van der Waals surface area contributed by atoms with Crippen LogP contribution in [0, 0.1) is 16.5 Å². The standard InChI is InChI=1S/C7H12NO2/c1-2-3-4-5-6-7-8(9)10/h5-7H,2-4H2,1H3/b7-6+. The van der Waals surface area contributed by atoms with Gasteiger partial charge in [-0.2, -0.15) is 0 Å². The Hall–Kier alpha value is -0.860. The Morgan fingerprint density at radius 2 is 2.30 bits per heavy atom. The first kappa shape index (κ1) is 9.14. The lowest BCUT2D eigenvalue weighted by molar-refractivity contribution is -0.402. The lowest BCUT2D eigenvalue weighted by Crippen LogP contribution is -1.82. The zero-order chi connectivity index (χ0) is 7.82. The van der Waals surface area contributed by atoms with Crippen molar-refractivity contribution in [1.29, 1.82) is 0 Å². The van der Waals surface area contributed by atoms with Gasteiger partial charge in [-0.05, 0) is 18.9 Å². The van der Waals surface area contributed by atoms with Gasteiger partial charge in [-0.15, -0.1) is 0 Å². The summed E-state index contributed by atoms with van der Waals surface area (Å²) in [6.45, 7) is 2.09. The molecule has 0 spiro atoms. The Balaban J connectivity index is 3.10. The van der Waals surface area contributed by atoms with Gasteiger partial charge >= 0.3 is 0 Å². The van der Waals surface area contributed by atoms with Crippen LogP contribution in [-0.4, -0.2) is 4.92 Å². The average Bonchev–Trinajstić information content (AvgIpc) is 1.87. The molecule has 0 heterocycles. The first-order chi connectivity index (χ1) is 4.77. The van der Waals surface area contributed by atoms with E-state index in [-0.39, 0.29) is 0 Å². The highest BCUT2D eigenvalue weighted by molar-refractivity contribution is 4.89. The minimum absolute atomic E-state index is 0.456. The molecule has 0 N–H and O–H groups in total. The van der Waals surface area contributed by atoms with E-state index in [2.05, 4.69) is 6.92 Å². The van der Waals surface area contributed by atoms with Crippen molar-refractivity contribution in [3.8, 4) is 0 Å². The topological polar surface area (TPSA) is 43.1 Å². The highest BCUT2D eigenvalue weighted by Gasteiger charge is 1.85. The molecule has 0 amide bonds. The highest BCUT2D eigenvalue weighted by Crippen LogP contribution is 1.97. The third-order valence-electron chi connectivity index (χ3n) is 1.07. The van der Waals surface area contributed by atoms with Crippen LogP contribution in [-0.2, 0) is 0 Å². The quantitative estimate of drug-likeness (QED) is 0.335. The average molecular weight is 142 g/mol. The summed E-state index contributed by atoms with van der Waals surface area (Å²) in [6.07, 6.45) is 7.41. The van der Waals surface area contributed by atoms with Gasteiger partial charge in [0.05, 0.1) is 4.92 Å². The van der Waals surface area contributed by atoms with Gasteiger partial charge < -0.3 is 0 Å². The third-order valence-corrected chi connectivity index (χ3v) is 1.07. The number of unbranched alkanes of at least 4 members (excludes halogenated alkanes) is 3. The molecule has 0 aliphatic heterocycles. The largest absolute Gasteiger partial charge is 0.259 e. The summed E-state index contributed by atoms with van der Waals surface area (Å²) in [7, 11) is 0. The van der Waals surface area contributed by atoms with Gasteiger partial charge in [0.2, 0.25) is 6.20 Å². The van der Waals surface area contributed by atoms with Crippen LogP contribution in [0.3, 0.4) is 0 Å². The summed E-state index contributed by atoms with van der Waals surface area (Å²) in [5, 5.41) is 9.73. The Labute approximate surface area is 60.9 Å². The molecule has 3 nitrogen and oxygen atoms in total. The summed E-state index contributed by atoms with van der Waals surface area (Å²) in [5.41, 5.74) is 0. The van der Waals surface area contributed by atoms with E-state index in [0.717, 1.165) is 25.5 Å². The molecule has 10 heavy (non-hydrogen) atoms. The van der Waals surface area contributed by atoms with Crippen LogP contribution in [0.15, 0.2) is 12.3 Å². The van der Waals surface area contributed by atoms with E-state index >= 15 is 0 Å². The predicted octanol–water partition coefficient (Wildman–Crippen LogP) is 2.17. The maximum absolute atomic E-state index is 9.73. The fraction of sp³-hybridized carbons (Fsp3) is 0.571. The van der Waals surface area contributed by atoms with Crippen LogP contribution in [0.25, 0.3) is 0 Å². The number of hydrogen-bond donors (Lipinski definition) is 0. The number of hydrogen-bond acceptors (Lipinski definition) is 2. The van der Waals surface area contributed by atoms with Crippen LogP contribution < -0.4 is 0 Å². The van der Waals surface area contributed by atoms with Crippen LogP contribution in [0.2, 0.25) is 0 Å². The van der Waals surface area contributed by atoms with Crippen molar-refractivity contribution in [3.05, 3.63) is 28.8 Å². The molecule has 0 saturated heterocycles. The maximum atomic E-state index is 9.73. The van der Waals surface area contributed by atoms with Crippen molar-refractivity contribution < 1.29 is 4.92 Å². The summed E-state index contributed by atoms with van der Waals surface area (Å²) in [5.74, 6) is 0. The maximum Gasteiger partial charge on any atom is 0.230 e. The third kappa shape index (κ3) is 7.14. The Kier molecular flexibility index (Phi) is 5.72. The summed E-state index contributed by atoms with van der Waals surface area (Å²) < 4.78 is 0. The molecule has 0 unspecified atom stereocenters. The van der Waals surface area contributed by atoms with Crippen molar-refractivity contribution in [1.82, 2.24) is 0 Å². The number of rotatable bonds is 5. The van der Waals surface area contributed by atoms with E-state index < -0.39 is 4.92 Å². The fourth-order valence-electron chi connectivity index (χ4n) is 0.549. The van der Waals surface area contributed by atoms with Gasteiger partial charge in [-0.1, -0.05) is 19.8 Å². The first-order valence-electron chi connectivity index (χ1n) is 3.41. The van der Waals surface area contributed by atoms with Crippen LogP contribution in [0.4, 0.5) is 0 Å². The number of nitro groups is 1. The molecule has 0 saturated carbocycles. The number of allylic oxidation sites excluding steroid dienone is 1. The van der Waals surface area contributed by atoms with Crippen molar-refractivity contribution in [3.63, 3.8) is 0 Å². The van der Waals surface area contributed by atoms with Gasteiger partial charge in [0.1, 0.15) is 0 Å². The summed E-state index contributed by atoms with van der Waals surface area (Å²) >= 11 is 0. The predicted molar refractivity (Wildman–Crippen MR) is 40.0 cm³/mol. The molecule has 0 aromatic carbocycles. The van der Waals surface area contributed by atoms with Gasteiger partial charge in [0.25, 0.3) is 0 Å². The molecule has 0 bridgehead atoms. The monoisotopic (exact) mass is 142 g/mol. The van der Waals surface area contributed by atoms with Crippen molar-refractivity contribution in [2.75, 3.05) is 0 Å². The Morgan fingerprint density at radius 1 is 1.60 bits per heavy atom. The van der Waals surface area contributed by atoms with Gasteiger partial charge in [-0.3, -0.25) is 10.1 Å². The van der Waals surface area contributed by atoms with Crippen LogP contribution >= 0.6 is 0 Å². The second-order valence-electron chi connectivity index (χ2n) is 2.00. The normalized spacial score (nSPS) is 10.5. The van der Waals surface area contributed by atoms with E-state index in [4.69, 9.17) is 0 Å². The van der Waals surface area contributed by atoms with E-state index in [9.17, 15) is 10.1 Å². The van der Waals surface area contributed by atoms with E-state index in [1.807, 2.05) is 6.42 Å². The van der Waals surface area contributed by atoms with Crippen LogP contribution in [0.5, 0.6) is 0 Å². The van der Waals surface area contributed by atoms with Crippen molar-refractivity contribution in [2.24, 2.45) is 0 Å². The zero-order valence-electron chi connectivity index (χ0n) is 6.12. The molecule has 1 radical (unpaired) electrons. The molecule has 0 fully saturated rings. The second-order valence-corrected chi connectivity index (χ2v) is 2.00. The number of nitrogens with zero attached hydrogens (tertiary/aromatic N) is 1. The molecule has 0 atom stereocenters. The summed E-state index contributed by atoms with van der Waals surface area (Å²) in [4.78, 5) is 9.27. The fourth-order valence-corrected chi connectivity index (χ4v) is 0.549. The minimum atomic E-state index is -0.456. The molecule has 3 heteroatoms. The highest BCUT2D eigenvalue weighted by atomic mass is 16.6. The SMILES string of the molecule is CCCC[CH]/C=C/[N+](=O)[O-].